The monoisotopic (exact) mass is 287 g/mol. The lowest BCUT2D eigenvalue weighted by Gasteiger charge is -2.21. The zero-order chi connectivity index (χ0) is 15.0. The van der Waals surface area contributed by atoms with Crippen LogP contribution in [0.3, 0.4) is 0 Å². The van der Waals surface area contributed by atoms with E-state index in [2.05, 4.69) is 0 Å². The van der Waals surface area contributed by atoms with Crippen LogP contribution in [0.1, 0.15) is 36.3 Å². The molecule has 2 aromatic rings. The molecule has 1 aliphatic rings. The second kappa shape index (κ2) is 5.24. The summed E-state index contributed by atoms with van der Waals surface area (Å²) < 4.78 is 15.0. The van der Waals surface area contributed by atoms with Crippen LogP contribution in [0, 0.1) is 5.82 Å². The second-order valence-electron chi connectivity index (χ2n) is 5.32. The number of nitrogens with zero attached hydrogens (tertiary/aromatic N) is 2. The van der Waals surface area contributed by atoms with Crippen molar-refractivity contribution >= 4 is 17.3 Å². The van der Waals surface area contributed by atoms with Crippen molar-refractivity contribution in [1.82, 2.24) is 4.57 Å². The molecule has 3 rings (SSSR count). The van der Waals surface area contributed by atoms with Gasteiger partial charge in [0.1, 0.15) is 11.5 Å². The highest BCUT2D eigenvalue weighted by atomic mass is 19.1. The lowest BCUT2D eigenvalue weighted by Crippen LogP contribution is -2.32. The minimum absolute atomic E-state index is 0.104. The molecule has 1 aromatic heterocycles. The first-order chi connectivity index (χ1) is 10.1. The fraction of sp³-hybridized carbons (Fsp3) is 0.312. The molecule has 0 spiro atoms. The van der Waals surface area contributed by atoms with E-state index in [1.165, 1.54) is 12.1 Å². The third kappa shape index (κ3) is 2.63. The van der Waals surface area contributed by atoms with E-state index in [1.54, 1.807) is 23.1 Å². The van der Waals surface area contributed by atoms with Gasteiger partial charge in [-0.05, 0) is 50.1 Å². The van der Waals surface area contributed by atoms with Gasteiger partial charge >= 0.3 is 0 Å². The summed E-state index contributed by atoms with van der Waals surface area (Å²) in [6, 6.07) is 8.05. The fourth-order valence-electron chi connectivity index (χ4n) is 2.53. The van der Waals surface area contributed by atoms with Gasteiger partial charge < -0.3 is 15.2 Å². The SMILES string of the molecule is CCN(C(=O)c1cc(N)cn1C1CC1)c1ccc(F)cc1. The molecule has 0 radical (unpaired) electrons. The van der Waals surface area contributed by atoms with Crippen LogP contribution in [0.4, 0.5) is 15.8 Å². The Balaban J connectivity index is 1.93. The zero-order valence-corrected chi connectivity index (χ0v) is 11.9. The number of aromatic nitrogens is 1. The van der Waals surface area contributed by atoms with Crippen LogP contribution in [0.2, 0.25) is 0 Å². The summed E-state index contributed by atoms with van der Waals surface area (Å²) >= 11 is 0. The van der Waals surface area contributed by atoms with E-state index in [0.29, 0.717) is 29.7 Å². The van der Waals surface area contributed by atoms with E-state index in [9.17, 15) is 9.18 Å². The summed E-state index contributed by atoms with van der Waals surface area (Å²) in [6.07, 6.45) is 3.98. The van der Waals surface area contributed by atoms with Crippen LogP contribution in [0.25, 0.3) is 0 Å². The Hall–Kier alpha value is -2.30. The minimum Gasteiger partial charge on any atom is -0.397 e. The molecule has 0 saturated heterocycles. The predicted octanol–water partition coefficient (Wildman–Crippen LogP) is 3.21. The molecule has 1 aromatic carbocycles. The van der Waals surface area contributed by atoms with Crippen molar-refractivity contribution in [1.29, 1.82) is 0 Å². The molecule has 21 heavy (non-hydrogen) atoms. The first kappa shape index (κ1) is 13.7. The first-order valence-electron chi connectivity index (χ1n) is 7.15. The lowest BCUT2D eigenvalue weighted by atomic mass is 10.2. The van der Waals surface area contributed by atoms with Gasteiger partial charge in [0.25, 0.3) is 5.91 Å². The summed E-state index contributed by atoms with van der Waals surface area (Å²) in [5.41, 5.74) is 7.72. The van der Waals surface area contributed by atoms with Crippen LogP contribution in [-0.4, -0.2) is 17.0 Å². The highest BCUT2D eigenvalue weighted by molar-refractivity contribution is 6.05. The predicted molar refractivity (Wildman–Crippen MR) is 80.9 cm³/mol. The molecule has 110 valence electrons. The topological polar surface area (TPSA) is 51.3 Å². The molecule has 1 amide bonds. The molecule has 0 aliphatic heterocycles. The third-order valence-corrected chi connectivity index (χ3v) is 3.73. The standard InChI is InChI=1S/C16H18FN3O/c1-2-19(13-5-3-11(17)4-6-13)16(21)15-9-12(18)10-20(15)14-7-8-14/h3-6,9-10,14H,2,7-8,18H2,1H3. The van der Waals surface area contributed by atoms with Gasteiger partial charge in [0.05, 0.1) is 5.69 Å². The van der Waals surface area contributed by atoms with Gasteiger partial charge in [-0.15, -0.1) is 0 Å². The summed E-state index contributed by atoms with van der Waals surface area (Å²) in [6.45, 7) is 2.41. The molecule has 0 bridgehead atoms. The van der Waals surface area contributed by atoms with E-state index in [0.717, 1.165) is 12.8 Å². The molecule has 5 heteroatoms. The van der Waals surface area contributed by atoms with E-state index < -0.39 is 0 Å². The molecule has 1 heterocycles. The van der Waals surface area contributed by atoms with Gasteiger partial charge in [-0.2, -0.15) is 0 Å². The quantitative estimate of drug-likeness (QED) is 0.938. The van der Waals surface area contributed by atoms with Crippen LogP contribution >= 0.6 is 0 Å². The molecule has 0 unspecified atom stereocenters. The number of nitrogen functional groups attached to an aromatic ring is 1. The van der Waals surface area contributed by atoms with Crippen LogP contribution in [0.5, 0.6) is 0 Å². The maximum Gasteiger partial charge on any atom is 0.274 e. The van der Waals surface area contributed by atoms with Crippen LogP contribution in [0.15, 0.2) is 36.5 Å². The van der Waals surface area contributed by atoms with Crippen molar-refractivity contribution in [3.63, 3.8) is 0 Å². The maximum absolute atomic E-state index is 13.0. The van der Waals surface area contributed by atoms with Gasteiger partial charge in [-0.1, -0.05) is 0 Å². The number of hydrogen-bond donors (Lipinski definition) is 1. The van der Waals surface area contributed by atoms with E-state index in [4.69, 9.17) is 5.73 Å². The summed E-state index contributed by atoms with van der Waals surface area (Å²) in [5, 5.41) is 0. The lowest BCUT2D eigenvalue weighted by molar-refractivity contribution is 0.0979. The Bertz CT molecular complexity index is 659. The minimum atomic E-state index is -0.312. The number of halogens is 1. The number of benzene rings is 1. The van der Waals surface area contributed by atoms with E-state index >= 15 is 0 Å². The smallest absolute Gasteiger partial charge is 0.274 e. The zero-order valence-electron chi connectivity index (χ0n) is 11.9. The van der Waals surface area contributed by atoms with Gasteiger partial charge in [-0.3, -0.25) is 4.79 Å². The summed E-state index contributed by atoms with van der Waals surface area (Å²) in [7, 11) is 0. The molecule has 4 nitrogen and oxygen atoms in total. The fourth-order valence-corrected chi connectivity index (χ4v) is 2.53. The van der Waals surface area contributed by atoms with E-state index in [1.807, 2.05) is 17.7 Å². The van der Waals surface area contributed by atoms with Crippen molar-refractivity contribution in [2.45, 2.75) is 25.8 Å². The van der Waals surface area contributed by atoms with Gasteiger partial charge in [-0.25, -0.2) is 4.39 Å². The van der Waals surface area contributed by atoms with E-state index in [-0.39, 0.29) is 11.7 Å². The molecular formula is C16H18FN3O. The second-order valence-corrected chi connectivity index (χ2v) is 5.32. The Labute approximate surface area is 123 Å². The first-order valence-corrected chi connectivity index (χ1v) is 7.15. The number of rotatable bonds is 4. The number of hydrogen-bond acceptors (Lipinski definition) is 2. The van der Waals surface area contributed by atoms with Gasteiger partial charge in [0, 0.05) is 24.5 Å². The largest absolute Gasteiger partial charge is 0.397 e. The molecule has 1 fully saturated rings. The average Bonchev–Trinajstić information content (AvgIpc) is 3.24. The molecule has 1 aliphatic carbocycles. The van der Waals surface area contributed by atoms with Gasteiger partial charge in [0.15, 0.2) is 0 Å². The Morgan fingerprint density at radius 1 is 1.38 bits per heavy atom. The molecule has 0 atom stereocenters. The number of amides is 1. The number of carbonyl (C=O) groups is 1. The Morgan fingerprint density at radius 2 is 2.05 bits per heavy atom. The van der Waals surface area contributed by atoms with Crippen molar-refractivity contribution in [2.75, 3.05) is 17.2 Å². The number of carbonyl (C=O) groups excluding carboxylic acids is 1. The Morgan fingerprint density at radius 3 is 2.62 bits per heavy atom. The van der Waals surface area contributed by atoms with Crippen LogP contribution in [-0.2, 0) is 0 Å². The Kier molecular flexibility index (Phi) is 3.41. The maximum atomic E-state index is 13.0. The number of nitrogens with two attached hydrogens (primary N) is 1. The van der Waals surface area contributed by atoms with Gasteiger partial charge in [0.2, 0.25) is 0 Å². The number of anilines is 2. The highest BCUT2D eigenvalue weighted by Gasteiger charge is 2.29. The summed E-state index contributed by atoms with van der Waals surface area (Å²) in [4.78, 5) is 14.4. The third-order valence-electron chi connectivity index (χ3n) is 3.73. The average molecular weight is 287 g/mol. The summed E-state index contributed by atoms with van der Waals surface area (Å²) in [5.74, 6) is -0.416. The molecule has 2 N–H and O–H groups in total. The van der Waals surface area contributed by atoms with Crippen LogP contribution < -0.4 is 10.6 Å². The molecule has 1 saturated carbocycles. The molecular weight excluding hydrogens is 269 g/mol. The normalized spacial score (nSPS) is 14.2. The van der Waals surface area contributed by atoms with Crippen molar-refractivity contribution < 1.29 is 9.18 Å². The highest BCUT2D eigenvalue weighted by Crippen LogP contribution is 2.37. The van der Waals surface area contributed by atoms with Crippen molar-refractivity contribution in [3.05, 3.63) is 48.0 Å². The van der Waals surface area contributed by atoms with Crippen molar-refractivity contribution in [2.24, 2.45) is 0 Å². The van der Waals surface area contributed by atoms with Crippen molar-refractivity contribution in [3.8, 4) is 0 Å².